The predicted molar refractivity (Wildman–Crippen MR) is 52.5 cm³/mol. The van der Waals surface area contributed by atoms with E-state index in [1.54, 1.807) is 6.07 Å². The molecule has 1 aromatic carbocycles. The third-order valence-corrected chi connectivity index (χ3v) is 1.85. The normalized spacial score (nSPS) is 11.5. The Morgan fingerprint density at radius 1 is 1.24 bits per heavy atom. The Morgan fingerprint density at radius 2 is 1.94 bits per heavy atom. The lowest BCUT2D eigenvalue weighted by molar-refractivity contribution is -0.274. The first kappa shape index (κ1) is 11.2. The Balaban J connectivity index is 2.41. The number of rotatable bonds is 2. The first-order chi connectivity index (χ1) is 7.96. The van der Waals surface area contributed by atoms with E-state index in [0.717, 1.165) is 4.68 Å². The number of ether oxygens (including phenoxy) is 1. The second-order valence-corrected chi connectivity index (χ2v) is 3.06. The van der Waals surface area contributed by atoms with Crippen molar-refractivity contribution in [1.29, 1.82) is 0 Å². The molecule has 2 N–H and O–H groups in total. The lowest BCUT2D eigenvalue weighted by atomic mass is 10.3. The molecule has 90 valence electrons. The van der Waals surface area contributed by atoms with Gasteiger partial charge in [0.15, 0.2) is 5.75 Å². The highest BCUT2D eigenvalue weighted by atomic mass is 19.4. The summed E-state index contributed by atoms with van der Waals surface area (Å²) in [5.41, 5.74) is 5.39. The number of hydrogen-bond donors (Lipinski definition) is 1. The summed E-state index contributed by atoms with van der Waals surface area (Å²) >= 11 is 0. The minimum Gasteiger partial charge on any atom is -0.403 e. The van der Waals surface area contributed by atoms with E-state index in [4.69, 9.17) is 5.73 Å². The van der Waals surface area contributed by atoms with E-state index < -0.39 is 6.36 Å². The van der Waals surface area contributed by atoms with Gasteiger partial charge in [0.25, 0.3) is 0 Å². The Morgan fingerprint density at radius 3 is 2.53 bits per heavy atom. The highest BCUT2D eigenvalue weighted by Gasteiger charge is 2.32. The number of nitrogen functional groups attached to an aromatic ring is 1. The first-order valence-electron chi connectivity index (χ1n) is 4.48. The molecular weight excluding hydrogens is 237 g/mol. The van der Waals surface area contributed by atoms with Crippen molar-refractivity contribution in [3.63, 3.8) is 0 Å². The summed E-state index contributed by atoms with van der Waals surface area (Å²) in [7, 11) is 0. The molecule has 0 fully saturated rings. The Hall–Kier alpha value is -2.25. The summed E-state index contributed by atoms with van der Waals surface area (Å²) in [6, 6.07) is 5.57. The molecule has 0 unspecified atom stereocenters. The van der Waals surface area contributed by atoms with Crippen molar-refractivity contribution >= 4 is 5.95 Å². The first-order valence-corrected chi connectivity index (χ1v) is 4.48. The van der Waals surface area contributed by atoms with E-state index >= 15 is 0 Å². The molecule has 0 atom stereocenters. The van der Waals surface area contributed by atoms with E-state index in [1.165, 1.54) is 24.5 Å². The fraction of sp³-hybridized carbons (Fsp3) is 0.111. The Kier molecular flexibility index (Phi) is 2.62. The van der Waals surface area contributed by atoms with Crippen molar-refractivity contribution < 1.29 is 17.9 Å². The summed E-state index contributed by atoms with van der Waals surface area (Å²) in [5, 5.41) is 3.71. The van der Waals surface area contributed by atoms with Gasteiger partial charge < -0.3 is 10.5 Å². The molecule has 17 heavy (non-hydrogen) atoms. The predicted octanol–water partition coefficient (Wildman–Crippen LogP) is 1.75. The third-order valence-electron chi connectivity index (χ3n) is 1.85. The largest absolute Gasteiger partial charge is 0.573 e. The van der Waals surface area contributed by atoms with Crippen LogP contribution in [0.3, 0.4) is 0 Å². The molecule has 1 aromatic heterocycles. The lowest BCUT2D eigenvalue weighted by Gasteiger charge is -2.12. The Bertz CT molecular complexity index is 523. The molecular formula is C9H7F3N4O. The van der Waals surface area contributed by atoms with Crippen LogP contribution in [0.15, 0.2) is 30.6 Å². The molecule has 8 heteroatoms. The van der Waals surface area contributed by atoms with Crippen LogP contribution in [-0.2, 0) is 0 Å². The number of nitrogens with two attached hydrogens (primary N) is 1. The topological polar surface area (TPSA) is 66.0 Å². The highest BCUT2D eigenvalue weighted by Crippen LogP contribution is 2.28. The van der Waals surface area contributed by atoms with E-state index in [9.17, 15) is 13.2 Å². The third kappa shape index (κ3) is 2.65. The van der Waals surface area contributed by atoms with Crippen LogP contribution < -0.4 is 10.5 Å². The van der Waals surface area contributed by atoms with Crippen LogP contribution in [0.5, 0.6) is 5.75 Å². The van der Waals surface area contributed by atoms with Gasteiger partial charge in [-0.1, -0.05) is 12.1 Å². The van der Waals surface area contributed by atoms with Gasteiger partial charge in [-0.2, -0.15) is 0 Å². The molecule has 0 aliphatic rings. The monoisotopic (exact) mass is 244 g/mol. The zero-order chi connectivity index (χ0) is 12.5. The van der Waals surface area contributed by atoms with E-state index in [1.807, 2.05) is 0 Å². The van der Waals surface area contributed by atoms with Crippen LogP contribution in [-0.4, -0.2) is 21.1 Å². The molecule has 0 aliphatic carbocycles. The summed E-state index contributed by atoms with van der Waals surface area (Å²) in [6.07, 6.45) is -3.56. The number of halogens is 3. The van der Waals surface area contributed by atoms with Crippen molar-refractivity contribution in [2.75, 3.05) is 5.73 Å². The zero-order valence-electron chi connectivity index (χ0n) is 8.35. The molecule has 1 heterocycles. The van der Waals surface area contributed by atoms with Gasteiger partial charge in [-0.15, -0.1) is 18.3 Å². The molecule has 0 aliphatic heterocycles. The van der Waals surface area contributed by atoms with Gasteiger partial charge in [0, 0.05) is 0 Å². The number of hydrogen-bond acceptors (Lipinski definition) is 4. The molecule has 5 nitrogen and oxygen atoms in total. The second-order valence-electron chi connectivity index (χ2n) is 3.06. The number of para-hydroxylation sites is 2. The van der Waals surface area contributed by atoms with Gasteiger partial charge in [0.2, 0.25) is 5.95 Å². The molecule has 0 spiro atoms. The van der Waals surface area contributed by atoms with Crippen LogP contribution in [0, 0.1) is 0 Å². The quantitative estimate of drug-likeness (QED) is 0.873. The molecule has 0 saturated heterocycles. The fourth-order valence-electron chi connectivity index (χ4n) is 1.25. The van der Waals surface area contributed by atoms with Crippen molar-refractivity contribution in [1.82, 2.24) is 14.8 Å². The summed E-state index contributed by atoms with van der Waals surface area (Å²) in [5.74, 6) is -0.406. The Labute approximate surface area is 93.6 Å². The number of aromatic nitrogens is 3. The maximum absolute atomic E-state index is 12.2. The summed E-state index contributed by atoms with van der Waals surface area (Å²) in [6.45, 7) is 0. The van der Waals surface area contributed by atoms with Crippen LogP contribution >= 0.6 is 0 Å². The van der Waals surface area contributed by atoms with Gasteiger partial charge in [0.05, 0.1) is 0 Å². The van der Waals surface area contributed by atoms with Crippen molar-refractivity contribution in [3.8, 4) is 11.4 Å². The average molecular weight is 244 g/mol. The molecule has 2 rings (SSSR count). The molecule has 0 saturated carbocycles. The zero-order valence-corrected chi connectivity index (χ0v) is 8.35. The molecule has 0 radical (unpaired) electrons. The molecule has 0 bridgehead atoms. The second kappa shape index (κ2) is 3.96. The van der Waals surface area contributed by atoms with E-state index in [-0.39, 0.29) is 17.4 Å². The maximum atomic E-state index is 12.2. The number of benzene rings is 1. The van der Waals surface area contributed by atoms with E-state index in [2.05, 4.69) is 14.8 Å². The van der Waals surface area contributed by atoms with Crippen LogP contribution in [0.2, 0.25) is 0 Å². The van der Waals surface area contributed by atoms with Crippen molar-refractivity contribution in [3.05, 3.63) is 30.6 Å². The van der Waals surface area contributed by atoms with Gasteiger partial charge in [-0.05, 0) is 12.1 Å². The smallest absolute Gasteiger partial charge is 0.403 e. The van der Waals surface area contributed by atoms with Gasteiger partial charge in [-0.25, -0.2) is 9.67 Å². The maximum Gasteiger partial charge on any atom is 0.573 e. The van der Waals surface area contributed by atoms with Crippen LogP contribution in [0.4, 0.5) is 19.1 Å². The van der Waals surface area contributed by atoms with Crippen LogP contribution in [0.1, 0.15) is 0 Å². The summed E-state index contributed by atoms with van der Waals surface area (Å²) < 4.78 is 41.4. The fourth-order valence-corrected chi connectivity index (χ4v) is 1.25. The van der Waals surface area contributed by atoms with Crippen molar-refractivity contribution in [2.45, 2.75) is 6.36 Å². The van der Waals surface area contributed by atoms with E-state index in [0.29, 0.717) is 0 Å². The number of nitrogens with zero attached hydrogens (tertiary/aromatic N) is 3. The summed E-state index contributed by atoms with van der Waals surface area (Å²) in [4.78, 5) is 3.62. The van der Waals surface area contributed by atoms with Gasteiger partial charge in [-0.3, -0.25) is 0 Å². The molecule has 0 amide bonds. The average Bonchev–Trinajstić information content (AvgIpc) is 2.63. The lowest BCUT2D eigenvalue weighted by Crippen LogP contribution is -2.18. The highest BCUT2D eigenvalue weighted by molar-refractivity contribution is 5.46. The molecule has 2 aromatic rings. The standard InChI is InChI=1S/C9H7F3N4O/c10-9(11,12)17-7-4-2-1-3-6(7)16-5-14-8(13)15-16/h1-5H,(H2,13,15). The van der Waals surface area contributed by atoms with Gasteiger partial charge in [0.1, 0.15) is 12.0 Å². The minimum absolute atomic E-state index is 0.0354. The SMILES string of the molecule is Nc1ncn(-c2ccccc2OC(F)(F)F)n1. The minimum atomic E-state index is -4.76. The number of anilines is 1. The number of alkyl halides is 3. The van der Waals surface area contributed by atoms with Crippen molar-refractivity contribution in [2.24, 2.45) is 0 Å². The van der Waals surface area contributed by atoms with Crippen LogP contribution in [0.25, 0.3) is 5.69 Å². The van der Waals surface area contributed by atoms with Gasteiger partial charge >= 0.3 is 6.36 Å².